The third-order valence-electron chi connectivity index (χ3n) is 4.10. The van der Waals surface area contributed by atoms with E-state index < -0.39 is 23.3 Å². The van der Waals surface area contributed by atoms with Crippen molar-refractivity contribution in [3.63, 3.8) is 0 Å². The number of aryl methyl sites for hydroxylation is 1. The van der Waals surface area contributed by atoms with Gasteiger partial charge in [-0.1, -0.05) is 39.0 Å². The number of nitrogens with one attached hydrogen (secondary N) is 3. The zero-order valence-corrected chi connectivity index (χ0v) is 16.6. The lowest BCUT2D eigenvalue weighted by molar-refractivity contribution is -0.133. The van der Waals surface area contributed by atoms with Gasteiger partial charge in [0.05, 0.1) is 5.39 Å². The zero-order chi connectivity index (χ0) is 21.1. The van der Waals surface area contributed by atoms with Crippen molar-refractivity contribution in [2.45, 2.75) is 47.2 Å². The minimum absolute atomic E-state index is 0.0173. The number of carbonyl (C=O) groups excluding carboxylic acids is 3. The Kier molecular flexibility index (Phi) is 6.17. The van der Waals surface area contributed by atoms with Crippen LogP contribution in [0, 0.1) is 5.41 Å². The SMILES string of the molecule is CCn1nc(C(=O)NNC(=O)C(C)NC(=O)C(C)(C)C)c2ccccc2c1=O. The number of nitrogens with zero attached hydrogens (tertiary/aromatic N) is 2. The van der Waals surface area contributed by atoms with Gasteiger partial charge in [0.25, 0.3) is 17.4 Å². The highest BCUT2D eigenvalue weighted by molar-refractivity contribution is 6.05. The summed E-state index contributed by atoms with van der Waals surface area (Å²) in [7, 11) is 0. The van der Waals surface area contributed by atoms with Gasteiger partial charge in [-0.25, -0.2) is 4.68 Å². The third-order valence-corrected chi connectivity index (χ3v) is 4.10. The maximum atomic E-state index is 12.6. The highest BCUT2D eigenvalue weighted by Crippen LogP contribution is 2.13. The summed E-state index contributed by atoms with van der Waals surface area (Å²) in [6.07, 6.45) is 0. The second kappa shape index (κ2) is 8.20. The summed E-state index contributed by atoms with van der Waals surface area (Å²) in [4.78, 5) is 49.0. The van der Waals surface area contributed by atoms with Crippen LogP contribution >= 0.6 is 0 Å². The van der Waals surface area contributed by atoms with E-state index in [0.29, 0.717) is 17.3 Å². The smallest absolute Gasteiger partial charge is 0.290 e. The zero-order valence-electron chi connectivity index (χ0n) is 16.6. The predicted molar refractivity (Wildman–Crippen MR) is 104 cm³/mol. The Labute approximate surface area is 162 Å². The standard InChI is InChI=1S/C19H25N5O4/c1-6-24-17(27)13-10-8-7-9-12(13)14(23-24)16(26)22-21-15(25)11(2)20-18(28)19(3,4)5/h7-11H,6H2,1-5H3,(H,20,28)(H,21,25)(H,22,26). The molecule has 0 aliphatic heterocycles. The van der Waals surface area contributed by atoms with Crippen molar-refractivity contribution in [1.82, 2.24) is 25.9 Å². The summed E-state index contributed by atoms with van der Waals surface area (Å²) in [6, 6.07) is 5.78. The maximum Gasteiger partial charge on any atom is 0.290 e. The largest absolute Gasteiger partial charge is 0.344 e. The molecule has 0 bridgehead atoms. The molecule has 1 aromatic heterocycles. The number of carbonyl (C=O) groups is 3. The molecule has 9 heteroatoms. The van der Waals surface area contributed by atoms with E-state index in [-0.39, 0.29) is 17.2 Å². The molecular formula is C19H25N5O4. The maximum absolute atomic E-state index is 12.6. The first-order valence-corrected chi connectivity index (χ1v) is 8.97. The number of benzene rings is 1. The number of hydrogen-bond acceptors (Lipinski definition) is 5. The Morgan fingerprint density at radius 2 is 1.71 bits per heavy atom. The summed E-state index contributed by atoms with van der Waals surface area (Å²) in [6.45, 7) is 8.74. The van der Waals surface area contributed by atoms with Gasteiger partial charge in [-0.15, -0.1) is 0 Å². The van der Waals surface area contributed by atoms with Gasteiger partial charge in [-0.05, 0) is 19.9 Å². The highest BCUT2D eigenvalue weighted by atomic mass is 16.2. The van der Waals surface area contributed by atoms with Crippen LogP contribution in [0.5, 0.6) is 0 Å². The van der Waals surface area contributed by atoms with Gasteiger partial charge in [0, 0.05) is 17.3 Å². The lowest BCUT2D eigenvalue weighted by Crippen LogP contribution is -2.53. The number of hydrazine groups is 1. The monoisotopic (exact) mass is 387 g/mol. The fourth-order valence-electron chi connectivity index (χ4n) is 2.38. The molecule has 2 rings (SSSR count). The van der Waals surface area contributed by atoms with E-state index in [1.54, 1.807) is 52.0 Å². The van der Waals surface area contributed by atoms with Gasteiger partial charge in [0.2, 0.25) is 5.91 Å². The second-order valence-corrected chi connectivity index (χ2v) is 7.40. The molecule has 1 unspecified atom stereocenters. The molecular weight excluding hydrogens is 362 g/mol. The van der Waals surface area contributed by atoms with E-state index in [4.69, 9.17) is 0 Å². The van der Waals surface area contributed by atoms with E-state index in [0.717, 1.165) is 0 Å². The van der Waals surface area contributed by atoms with Crippen molar-refractivity contribution in [3.05, 3.63) is 40.3 Å². The Morgan fingerprint density at radius 3 is 2.29 bits per heavy atom. The van der Waals surface area contributed by atoms with Crippen LogP contribution in [0.15, 0.2) is 29.1 Å². The fraction of sp³-hybridized carbons (Fsp3) is 0.421. The number of aromatic nitrogens is 2. The molecule has 0 saturated heterocycles. The first-order valence-electron chi connectivity index (χ1n) is 8.97. The van der Waals surface area contributed by atoms with Crippen LogP contribution in [0.25, 0.3) is 10.8 Å². The summed E-state index contributed by atoms with van der Waals surface area (Å²) in [5, 5.41) is 7.42. The Bertz CT molecular complexity index is 974. The molecule has 0 aliphatic carbocycles. The van der Waals surface area contributed by atoms with E-state index in [1.165, 1.54) is 11.6 Å². The Morgan fingerprint density at radius 1 is 1.11 bits per heavy atom. The molecule has 150 valence electrons. The van der Waals surface area contributed by atoms with Crippen molar-refractivity contribution in [2.75, 3.05) is 0 Å². The summed E-state index contributed by atoms with van der Waals surface area (Å²) < 4.78 is 1.19. The number of amides is 3. The molecule has 3 N–H and O–H groups in total. The first-order chi connectivity index (χ1) is 13.1. The van der Waals surface area contributed by atoms with Gasteiger partial charge >= 0.3 is 0 Å². The van der Waals surface area contributed by atoms with Crippen molar-refractivity contribution >= 4 is 28.5 Å². The molecule has 3 amide bonds. The molecule has 0 radical (unpaired) electrons. The van der Waals surface area contributed by atoms with Crippen LogP contribution in [0.2, 0.25) is 0 Å². The highest BCUT2D eigenvalue weighted by Gasteiger charge is 2.25. The van der Waals surface area contributed by atoms with Gasteiger partial charge in [-0.3, -0.25) is 30.0 Å². The summed E-state index contributed by atoms with van der Waals surface area (Å²) in [5.74, 6) is -1.54. The van der Waals surface area contributed by atoms with Crippen molar-refractivity contribution in [1.29, 1.82) is 0 Å². The first kappa shape index (κ1) is 21.1. The number of hydrogen-bond donors (Lipinski definition) is 3. The fourth-order valence-corrected chi connectivity index (χ4v) is 2.38. The van der Waals surface area contributed by atoms with Gasteiger partial charge in [0.15, 0.2) is 5.69 Å². The minimum Gasteiger partial charge on any atom is -0.344 e. The lowest BCUT2D eigenvalue weighted by atomic mass is 9.95. The van der Waals surface area contributed by atoms with E-state index in [9.17, 15) is 19.2 Å². The Hall–Kier alpha value is -3.23. The molecule has 1 heterocycles. The predicted octanol–water partition coefficient (Wildman–Crippen LogP) is 0.728. The van der Waals surface area contributed by atoms with Crippen LogP contribution < -0.4 is 21.7 Å². The second-order valence-electron chi connectivity index (χ2n) is 7.40. The molecule has 2 aromatic rings. The minimum atomic E-state index is -0.846. The third kappa shape index (κ3) is 4.54. The molecule has 0 aliphatic rings. The normalized spacial score (nSPS) is 12.3. The quantitative estimate of drug-likeness (QED) is 0.668. The summed E-state index contributed by atoms with van der Waals surface area (Å²) >= 11 is 0. The topological polar surface area (TPSA) is 122 Å². The molecule has 0 saturated carbocycles. The van der Waals surface area contributed by atoms with Crippen LogP contribution in [-0.4, -0.2) is 33.5 Å². The average Bonchev–Trinajstić information content (AvgIpc) is 2.65. The molecule has 1 aromatic carbocycles. The number of rotatable bonds is 4. The van der Waals surface area contributed by atoms with E-state index >= 15 is 0 Å². The molecule has 1 atom stereocenters. The van der Waals surface area contributed by atoms with Gasteiger partial charge in [-0.2, -0.15) is 5.10 Å². The van der Waals surface area contributed by atoms with Crippen LogP contribution in [0.1, 0.15) is 45.1 Å². The van der Waals surface area contributed by atoms with Crippen LogP contribution in [0.3, 0.4) is 0 Å². The van der Waals surface area contributed by atoms with Crippen LogP contribution in [0.4, 0.5) is 0 Å². The van der Waals surface area contributed by atoms with Crippen molar-refractivity contribution in [3.8, 4) is 0 Å². The summed E-state index contributed by atoms with van der Waals surface area (Å²) in [5.41, 5.74) is 3.64. The van der Waals surface area contributed by atoms with Gasteiger partial charge in [0.1, 0.15) is 6.04 Å². The Balaban J connectivity index is 2.16. The lowest BCUT2D eigenvalue weighted by Gasteiger charge is -2.21. The van der Waals surface area contributed by atoms with E-state index in [1.807, 2.05) is 0 Å². The molecule has 0 fully saturated rings. The average molecular weight is 387 g/mol. The molecule has 9 nitrogen and oxygen atoms in total. The van der Waals surface area contributed by atoms with Crippen LogP contribution in [-0.2, 0) is 16.1 Å². The van der Waals surface area contributed by atoms with Crippen molar-refractivity contribution in [2.24, 2.45) is 5.41 Å². The van der Waals surface area contributed by atoms with Crippen molar-refractivity contribution < 1.29 is 14.4 Å². The van der Waals surface area contributed by atoms with E-state index in [2.05, 4.69) is 21.3 Å². The van der Waals surface area contributed by atoms with Gasteiger partial charge < -0.3 is 5.32 Å². The number of fused-ring (bicyclic) bond motifs is 1. The molecule has 28 heavy (non-hydrogen) atoms. The molecule has 0 spiro atoms.